The maximum atomic E-state index is 13.2. The van der Waals surface area contributed by atoms with Crippen LogP contribution in [0.5, 0.6) is 0 Å². The zero-order chi connectivity index (χ0) is 38.9. The van der Waals surface area contributed by atoms with Gasteiger partial charge in [0.05, 0.1) is 39.2 Å². The Kier molecular flexibility index (Phi) is 13.6. The van der Waals surface area contributed by atoms with E-state index in [0.717, 1.165) is 33.2 Å². The van der Waals surface area contributed by atoms with E-state index in [-0.39, 0.29) is 54.9 Å². The molecule has 0 saturated carbocycles. The number of hydrogen-bond donors (Lipinski definition) is 1. The Balaban J connectivity index is 0.000000181. The molecular weight excluding hydrogens is 897 g/mol. The van der Waals surface area contributed by atoms with Gasteiger partial charge in [0.25, 0.3) is 0 Å². The molecule has 0 aliphatic rings. The van der Waals surface area contributed by atoms with Crippen LogP contribution in [0.1, 0.15) is 13.8 Å². The fraction of sp³-hybridized carbons (Fsp3) is 0.0444. The SMILES string of the molecule is CC(=O)/C=C(/C)O.Fc1c[c-]c(-c2nc3ccccc3nc2-c2ccc(F)cc2)cc1.Fc1c[c-]c(-c2nc3ccccc3nc2-c2ccc(F)cc2)cc1.[Ir]. The summed E-state index contributed by atoms with van der Waals surface area (Å²) in [4.78, 5) is 28.7. The third-order valence-electron chi connectivity index (χ3n) is 7.85. The zero-order valence-corrected chi connectivity index (χ0v) is 32.2. The van der Waals surface area contributed by atoms with E-state index in [1.54, 1.807) is 36.4 Å². The normalized spacial score (nSPS) is 10.8. The summed E-state index contributed by atoms with van der Waals surface area (Å²) in [6.07, 6.45) is 1.17. The number of fused-ring (bicyclic) bond motifs is 2. The first-order valence-electron chi connectivity index (χ1n) is 16.8. The van der Waals surface area contributed by atoms with Gasteiger partial charge < -0.3 is 5.11 Å². The molecule has 1 N–H and O–H groups in total. The standard InChI is InChI=1S/2C20H11F2N2.C5H8O2.Ir/c2*21-15-9-5-13(6-10-15)19-20(14-7-11-16(22)12-8-14)24-18-4-2-1-3-17(18)23-19;1-4(6)3-5(2)7;/h2*1-7,9-12H;3,6H,1-2H3;/q2*-1;;/b;;4-3-;. The van der Waals surface area contributed by atoms with Crippen LogP contribution in [0.25, 0.3) is 67.1 Å². The number of aliphatic hydroxyl groups excluding tert-OH is 1. The van der Waals surface area contributed by atoms with Gasteiger partial charge in [-0.3, -0.25) is 33.5 Å². The first-order valence-corrected chi connectivity index (χ1v) is 16.8. The van der Waals surface area contributed by atoms with Gasteiger partial charge >= 0.3 is 0 Å². The minimum Gasteiger partial charge on any atom is -0.512 e. The summed E-state index contributed by atoms with van der Waals surface area (Å²) in [6.45, 7) is 2.85. The fourth-order valence-corrected chi connectivity index (χ4v) is 5.39. The average Bonchev–Trinajstić information content (AvgIpc) is 3.18. The monoisotopic (exact) mass is 927 g/mol. The molecule has 8 rings (SSSR count). The van der Waals surface area contributed by atoms with Crippen molar-refractivity contribution in [3.8, 4) is 45.0 Å². The number of benzene rings is 6. The fourth-order valence-electron chi connectivity index (χ4n) is 5.39. The quantitative estimate of drug-likeness (QED) is 0.0801. The number of allylic oxidation sites excluding steroid dienone is 2. The van der Waals surface area contributed by atoms with Crippen molar-refractivity contribution in [1.82, 2.24) is 19.9 Å². The molecule has 0 aliphatic heterocycles. The minimum atomic E-state index is -0.365. The van der Waals surface area contributed by atoms with Gasteiger partial charge in [-0.25, -0.2) is 8.78 Å². The van der Waals surface area contributed by atoms with Gasteiger partial charge in [-0.05, 0) is 73.5 Å². The Bertz CT molecular complexity index is 2280. The van der Waals surface area contributed by atoms with Crippen LogP contribution in [0.15, 0.2) is 145 Å². The van der Waals surface area contributed by atoms with Gasteiger partial charge in [-0.2, -0.15) is 0 Å². The molecule has 0 aliphatic carbocycles. The molecule has 281 valence electrons. The van der Waals surface area contributed by atoms with Crippen LogP contribution in [-0.4, -0.2) is 30.8 Å². The van der Waals surface area contributed by atoms with E-state index >= 15 is 0 Å². The van der Waals surface area contributed by atoms with Crippen molar-refractivity contribution in [3.63, 3.8) is 0 Å². The predicted molar refractivity (Wildman–Crippen MR) is 205 cm³/mol. The molecule has 8 aromatic rings. The van der Waals surface area contributed by atoms with E-state index in [2.05, 4.69) is 32.1 Å². The number of carbonyl (C=O) groups is 1. The Morgan fingerprint density at radius 2 is 0.821 bits per heavy atom. The van der Waals surface area contributed by atoms with E-state index in [1.807, 2.05) is 48.5 Å². The molecular formula is C45H30F4IrN4O2-2. The van der Waals surface area contributed by atoms with Crippen LogP contribution in [0, 0.1) is 35.4 Å². The summed E-state index contributed by atoms with van der Waals surface area (Å²) in [7, 11) is 0. The maximum Gasteiger partial charge on any atom is 0.155 e. The van der Waals surface area contributed by atoms with Crippen molar-refractivity contribution < 1.29 is 47.6 Å². The van der Waals surface area contributed by atoms with Crippen LogP contribution in [0.4, 0.5) is 17.6 Å². The largest absolute Gasteiger partial charge is 0.512 e. The Morgan fingerprint density at radius 1 is 0.500 bits per heavy atom. The van der Waals surface area contributed by atoms with Crippen molar-refractivity contribution in [2.75, 3.05) is 0 Å². The van der Waals surface area contributed by atoms with E-state index in [9.17, 15) is 22.4 Å². The summed E-state index contributed by atoms with van der Waals surface area (Å²) in [6, 6.07) is 41.4. The van der Waals surface area contributed by atoms with Crippen LogP contribution in [0.2, 0.25) is 0 Å². The van der Waals surface area contributed by atoms with Crippen molar-refractivity contribution >= 4 is 27.9 Å². The van der Waals surface area contributed by atoms with E-state index < -0.39 is 0 Å². The van der Waals surface area contributed by atoms with Crippen LogP contribution >= 0.6 is 0 Å². The number of aliphatic hydroxyl groups is 1. The number of carbonyl (C=O) groups excluding carboxylic acids is 1. The molecule has 0 spiro atoms. The molecule has 6 nitrogen and oxygen atoms in total. The topological polar surface area (TPSA) is 88.9 Å². The minimum absolute atomic E-state index is 0. The number of nitrogens with zero attached hydrogens (tertiary/aromatic N) is 4. The van der Waals surface area contributed by atoms with E-state index in [0.29, 0.717) is 33.9 Å². The second-order valence-electron chi connectivity index (χ2n) is 12.1. The molecule has 0 saturated heterocycles. The van der Waals surface area contributed by atoms with Crippen LogP contribution in [0.3, 0.4) is 0 Å². The van der Waals surface area contributed by atoms with Gasteiger partial charge in [0, 0.05) is 49.2 Å². The molecule has 0 atom stereocenters. The smallest absolute Gasteiger partial charge is 0.155 e. The third kappa shape index (κ3) is 10.4. The number of halogens is 4. The maximum absolute atomic E-state index is 13.2. The number of hydrogen-bond acceptors (Lipinski definition) is 6. The van der Waals surface area contributed by atoms with E-state index in [4.69, 9.17) is 5.11 Å². The molecule has 0 unspecified atom stereocenters. The zero-order valence-electron chi connectivity index (χ0n) is 29.8. The molecule has 0 amide bonds. The molecule has 6 aromatic carbocycles. The van der Waals surface area contributed by atoms with Crippen molar-refractivity contribution in [1.29, 1.82) is 0 Å². The molecule has 2 heterocycles. The summed E-state index contributed by atoms with van der Waals surface area (Å²) < 4.78 is 52.9. The number of para-hydroxylation sites is 4. The summed E-state index contributed by atoms with van der Waals surface area (Å²) in [5, 5.41) is 8.36. The molecule has 56 heavy (non-hydrogen) atoms. The van der Waals surface area contributed by atoms with Gasteiger partial charge in [0.15, 0.2) is 5.78 Å². The molecule has 2 aromatic heterocycles. The van der Waals surface area contributed by atoms with Gasteiger partial charge in [-0.15, -0.1) is 59.7 Å². The number of rotatable bonds is 5. The summed E-state index contributed by atoms with van der Waals surface area (Å²) in [5.41, 5.74) is 8.07. The Morgan fingerprint density at radius 3 is 1.09 bits per heavy atom. The number of ketones is 1. The van der Waals surface area contributed by atoms with Gasteiger partial charge in [-0.1, -0.05) is 48.5 Å². The molecule has 11 heteroatoms. The molecule has 1 radical (unpaired) electrons. The average molecular weight is 927 g/mol. The van der Waals surface area contributed by atoms with Crippen LogP contribution < -0.4 is 0 Å². The second kappa shape index (κ2) is 18.8. The summed E-state index contributed by atoms with van der Waals surface area (Å²) in [5.74, 6) is -1.43. The Hall–Kier alpha value is -6.42. The molecule has 0 fully saturated rings. The Labute approximate surface area is 333 Å². The van der Waals surface area contributed by atoms with Gasteiger partial charge in [0.1, 0.15) is 11.6 Å². The second-order valence-corrected chi connectivity index (χ2v) is 12.1. The summed E-state index contributed by atoms with van der Waals surface area (Å²) >= 11 is 0. The predicted octanol–water partition coefficient (Wildman–Crippen LogP) is 11.1. The first-order chi connectivity index (χ1) is 26.5. The van der Waals surface area contributed by atoms with Crippen molar-refractivity contribution in [2.45, 2.75) is 13.8 Å². The van der Waals surface area contributed by atoms with Crippen molar-refractivity contribution in [2.24, 2.45) is 0 Å². The third-order valence-corrected chi connectivity index (χ3v) is 7.85. The first kappa shape index (κ1) is 40.8. The number of aromatic nitrogens is 4. The van der Waals surface area contributed by atoms with Gasteiger partial charge in [0.2, 0.25) is 0 Å². The molecule has 0 bridgehead atoms. The van der Waals surface area contributed by atoms with Crippen molar-refractivity contribution in [3.05, 3.63) is 181 Å². The van der Waals surface area contributed by atoms with E-state index in [1.165, 1.54) is 68.5 Å². The van der Waals surface area contributed by atoms with Crippen LogP contribution in [-0.2, 0) is 24.9 Å².